The molecule has 0 radical (unpaired) electrons. The monoisotopic (exact) mass is 401 g/mol. The minimum Gasteiger partial charge on any atom is -0.742 e. The fourth-order valence-electron chi connectivity index (χ4n) is 1.40. The van der Waals surface area contributed by atoms with Gasteiger partial charge in [0.25, 0.3) is 11.4 Å². The Bertz CT molecular complexity index is 638. The predicted octanol–water partition coefficient (Wildman–Crippen LogP) is -0.773. The van der Waals surface area contributed by atoms with Crippen molar-refractivity contribution in [2.75, 3.05) is 0 Å². The molecule has 0 aromatic rings. The van der Waals surface area contributed by atoms with Crippen molar-refractivity contribution in [3.05, 3.63) is 53.9 Å². The summed E-state index contributed by atoms with van der Waals surface area (Å²) in [7, 11) is -5.69. The molecule has 0 aromatic heterocycles. The summed E-state index contributed by atoms with van der Waals surface area (Å²) in [6.07, 6.45) is -1.01. The van der Waals surface area contributed by atoms with E-state index >= 15 is 0 Å². The molecule has 0 aromatic carbocycles. The van der Waals surface area contributed by atoms with Gasteiger partial charge in [-0.1, -0.05) is 0 Å². The summed E-state index contributed by atoms with van der Waals surface area (Å²) in [5, 5.41) is 31.8. The minimum absolute atomic E-state index is 0. The zero-order chi connectivity index (χ0) is 15.0. The largest absolute Gasteiger partial charge is 1.00 e. The van der Waals surface area contributed by atoms with E-state index in [1.54, 1.807) is 0 Å². The van der Waals surface area contributed by atoms with Crippen molar-refractivity contribution in [2.24, 2.45) is 0 Å². The van der Waals surface area contributed by atoms with Gasteiger partial charge in [0.05, 0.1) is 22.0 Å². The Balaban J connectivity index is 0.00000361. The third-order valence-corrected chi connectivity index (χ3v) is 3.59. The Kier molecular flexibility index (Phi) is 5.28. The fourth-order valence-corrected chi connectivity index (χ4v) is 2.17. The van der Waals surface area contributed by atoms with E-state index in [1.165, 1.54) is 0 Å². The first-order chi connectivity index (χ1) is 8.51. The molecule has 0 spiro atoms. The van der Waals surface area contributed by atoms with Crippen LogP contribution in [0.2, 0.25) is 0 Å². The number of hydrogen-bond acceptors (Lipinski definition) is 9. The van der Waals surface area contributed by atoms with Gasteiger partial charge < -0.3 is 4.55 Å². The molecule has 20 heavy (non-hydrogen) atoms. The quantitative estimate of drug-likeness (QED) is 0.252. The average molecular weight is 402 g/mol. The Hall–Kier alpha value is -1.67. The predicted molar refractivity (Wildman–Crippen MR) is 54.2 cm³/mol. The SMILES string of the molecule is O=[N+]([O-])C1=CC([N+](=O)[O-])(S(=O)(=O)[O-])CC([N+](=O)[O-])=C1.[Ag+]. The zero-order valence-electron chi connectivity index (χ0n) is 9.09. The molecule has 1 aliphatic rings. The van der Waals surface area contributed by atoms with Gasteiger partial charge in [-0.15, -0.1) is 0 Å². The molecule has 14 heteroatoms. The van der Waals surface area contributed by atoms with E-state index in [0.29, 0.717) is 6.08 Å². The Morgan fingerprint density at radius 1 is 1.10 bits per heavy atom. The standard InChI is InChI=1S/C6H5N3O9S.Ag/c10-7(11)4-1-5(8(12)13)3-6(2-4,9(14)15)19(16,17)18;/h1-2H,3H2,(H,16,17,18);/q;+1/p-1. The smallest absolute Gasteiger partial charge is 0.742 e. The molecule has 1 unspecified atom stereocenters. The molecule has 114 valence electrons. The Morgan fingerprint density at radius 3 is 1.90 bits per heavy atom. The van der Waals surface area contributed by atoms with Crippen molar-refractivity contribution in [3.63, 3.8) is 0 Å². The van der Waals surface area contributed by atoms with Crippen LogP contribution in [0.25, 0.3) is 0 Å². The van der Waals surface area contributed by atoms with Gasteiger partial charge >= 0.3 is 27.3 Å². The van der Waals surface area contributed by atoms with Gasteiger partial charge in [-0.05, 0) is 0 Å². The molecule has 0 bridgehead atoms. The van der Waals surface area contributed by atoms with Gasteiger partial charge in [0.15, 0.2) is 10.1 Å². The molecule has 12 nitrogen and oxygen atoms in total. The molecule has 0 amide bonds. The van der Waals surface area contributed by atoms with Crippen LogP contribution in [0.5, 0.6) is 0 Å². The molecule has 0 N–H and O–H groups in total. The van der Waals surface area contributed by atoms with Gasteiger partial charge in [0.2, 0.25) is 0 Å². The van der Waals surface area contributed by atoms with Crippen molar-refractivity contribution in [1.29, 1.82) is 0 Å². The van der Waals surface area contributed by atoms with Gasteiger partial charge in [0.1, 0.15) is 6.42 Å². The molecule has 1 atom stereocenters. The molecule has 0 heterocycles. The van der Waals surface area contributed by atoms with E-state index in [-0.39, 0.29) is 28.5 Å². The normalized spacial score (nSPS) is 22.1. The summed E-state index contributed by atoms with van der Waals surface area (Å²) in [5.74, 6) is 0. The molecular weight excluding hydrogens is 398 g/mol. The first kappa shape index (κ1) is 18.3. The maximum atomic E-state index is 11.0. The van der Waals surface area contributed by atoms with Crippen LogP contribution in [0.1, 0.15) is 6.42 Å². The summed E-state index contributed by atoms with van der Waals surface area (Å²) >= 11 is 0. The van der Waals surface area contributed by atoms with Crippen LogP contribution in [0.4, 0.5) is 0 Å². The third kappa shape index (κ3) is 3.07. The minimum atomic E-state index is -5.69. The molecule has 1 aliphatic carbocycles. The van der Waals surface area contributed by atoms with Gasteiger partial charge in [-0.25, -0.2) is 8.42 Å². The molecular formula is C6H4AgN3O9S. The van der Waals surface area contributed by atoms with Crippen LogP contribution in [-0.4, -0.2) is 32.6 Å². The van der Waals surface area contributed by atoms with Crippen molar-refractivity contribution >= 4 is 10.1 Å². The van der Waals surface area contributed by atoms with E-state index < -0.39 is 47.6 Å². The summed E-state index contributed by atoms with van der Waals surface area (Å²) < 4.78 is 32.9. The van der Waals surface area contributed by atoms with Crippen LogP contribution >= 0.6 is 0 Å². The first-order valence-electron chi connectivity index (χ1n) is 4.33. The van der Waals surface area contributed by atoms with E-state index in [9.17, 15) is 43.3 Å². The van der Waals surface area contributed by atoms with Crippen LogP contribution in [0, 0.1) is 30.3 Å². The number of hydrogen-bond donors (Lipinski definition) is 0. The zero-order valence-corrected chi connectivity index (χ0v) is 11.4. The summed E-state index contributed by atoms with van der Waals surface area (Å²) in [4.78, 5) is 24.3. The summed E-state index contributed by atoms with van der Waals surface area (Å²) in [5.41, 5.74) is -2.31. The van der Waals surface area contributed by atoms with Crippen molar-refractivity contribution in [3.8, 4) is 0 Å². The van der Waals surface area contributed by atoms with Crippen LogP contribution in [0.3, 0.4) is 0 Å². The summed E-state index contributed by atoms with van der Waals surface area (Å²) in [6, 6.07) is 0. The van der Waals surface area contributed by atoms with Crippen molar-refractivity contribution < 1.29 is 50.1 Å². The number of nitro groups is 3. The maximum absolute atomic E-state index is 11.0. The number of rotatable bonds is 4. The molecule has 0 fully saturated rings. The second-order valence-electron chi connectivity index (χ2n) is 3.45. The van der Waals surface area contributed by atoms with Crippen molar-refractivity contribution in [1.82, 2.24) is 0 Å². The van der Waals surface area contributed by atoms with E-state index in [2.05, 4.69) is 0 Å². The first-order valence-corrected chi connectivity index (χ1v) is 5.74. The van der Waals surface area contributed by atoms with E-state index in [1.807, 2.05) is 0 Å². The Labute approximate surface area is 125 Å². The second-order valence-corrected chi connectivity index (χ2v) is 5.07. The Morgan fingerprint density at radius 2 is 1.60 bits per heavy atom. The van der Waals surface area contributed by atoms with Gasteiger partial charge in [-0.2, -0.15) is 0 Å². The molecule has 0 saturated carbocycles. The van der Waals surface area contributed by atoms with Crippen molar-refractivity contribution in [2.45, 2.75) is 11.3 Å². The van der Waals surface area contributed by atoms with Gasteiger partial charge in [-0.3, -0.25) is 30.3 Å². The maximum Gasteiger partial charge on any atom is 1.00 e. The second kappa shape index (κ2) is 5.76. The third-order valence-electron chi connectivity index (χ3n) is 2.31. The topological polar surface area (TPSA) is 187 Å². The van der Waals surface area contributed by atoms with Crippen LogP contribution in [0.15, 0.2) is 23.5 Å². The number of allylic oxidation sites excluding steroid dienone is 1. The van der Waals surface area contributed by atoms with E-state index in [4.69, 9.17) is 0 Å². The molecule has 1 rings (SSSR count). The fraction of sp³-hybridized carbons (Fsp3) is 0.333. The average Bonchev–Trinajstić information content (AvgIpc) is 2.26. The van der Waals surface area contributed by atoms with E-state index in [0.717, 1.165) is 0 Å². The number of nitrogens with zero attached hydrogens (tertiary/aromatic N) is 3. The van der Waals surface area contributed by atoms with Crippen LogP contribution in [-0.2, 0) is 32.5 Å². The molecule has 0 aliphatic heterocycles. The molecule has 0 saturated heterocycles. The summed E-state index contributed by atoms with van der Waals surface area (Å²) in [6.45, 7) is 0. The van der Waals surface area contributed by atoms with Crippen LogP contribution < -0.4 is 0 Å². The van der Waals surface area contributed by atoms with Gasteiger partial charge in [0, 0.05) is 4.92 Å².